The smallest absolute Gasteiger partial charge is 0.335 e. The number of hydrogen-bond donors (Lipinski definition) is 1. The second-order valence-corrected chi connectivity index (χ2v) is 7.83. The maximum absolute atomic E-state index is 12.9. The highest BCUT2D eigenvalue weighted by atomic mass is 79.9. The van der Waals surface area contributed by atoms with Crippen molar-refractivity contribution >= 4 is 73.1 Å². The lowest BCUT2D eigenvalue weighted by Crippen LogP contribution is -2.54. The highest BCUT2D eigenvalue weighted by molar-refractivity contribution is 9.11. The molecule has 1 fully saturated rings. The lowest BCUT2D eigenvalue weighted by Gasteiger charge is -2.26. The maximum Gasteiger partial charge on any atom is 0.335 e. The molecule has 1 aliphatic rings. The van der Waals surface area contributed by atoms with Gasteiger partial charge in [-0.2, -0.15) is 0 Å². The van der Waals surface area contributed by atoms with Gasteiger partial charge in [-0.15, -0.1) is 0 Å². The summed E-state index contributed by atoms with van der Waals surface area (Å²) in [5, 5.41) is 2.54. The number of nitrogens with zero attached hydrogens (tertiary/aromatic N) is 1. The number of rotatable bonds is 4. The first-order valence-corrected chi connectivity index (χ1v) is 10.1. The van der Waals surface area contributed by atoms with Crippen LogP contribution in [0, 0.1) is 0 Å². The van der Waals surface area contributed by atoms with Crippen molar-refractivity contribution in [2.75, 3.05) is 11.5 Å². The number of barbiturate groups is 1. The molecular formula is C19H13Br2ClN2O4. The number of carbonyl (C=O) groups excluding carboxylic acids is 3. The van der Waals surface area contributed by atoms with E-state index in [-0.39, 0.29) is 11.3 Å². The standard InChI is InChI=1S/C19H13Br2ClN2O4/c1-2-28-16-14(20)7-10(8-15(16)21)6-13-17(25)23-19(27)24(18(13)26)12-5-3-4-11(22)9-12/h3-9H,2H2,1H3,(H,23,25,27)/b13-6+. The van der Waals surface area contributed by atoms with Crippen LogP contribution in [0.15, 0.2) is 50.9 Å². The topological polar surface area (TPSA) is 75.7 Å². The fourth-order valence-electron chi connectivity index (χ4n) is 2.62. The molecule has 0 spiro atoms. The van der Waals surface area contributed by atoms with Crippen molar-refractivity contribution in [2.24, 2.45) is 0 Å². The summed E-state index contributed by atoms with van der Waals surface area (Å²) in [4.78, 5) is 38.3. The van der Waals surface area contributed by atoms with Gasteiger partial charge in [0.1, 0.15) is 11.3 Å². The monoisotopic (exact) mass is 526 g/mol. The molecule has 1 heterocycles. The third-order valence-electron chi connectivity index (χ3n) is 3.79. The van der Waals surface area contributed by atoms with Gasteiger partial charge in [0, 0.05) is 5.02 Å². The number of halogens is 3. The van der Waals surface area contributed by atoms with Gasteiger partial charge < -0.3 is 4.74 Å². The maximum atomic E-state index is 12.9. The van der Waals surface area contributed by atoms with Crippen molar-refractivity contribution in [1.82, 2.24) is 5.32 Å². The van der Waals surface area contributed by atoms with E-state index < -0.39 is 17.8 Å². The second-order valence-electron chi connectivity index (χ2n) is 5.68. The van der Waals surface area contributed by atoms with Gasteiger partial charge in [-0.25, -0.2) is 9.69 Å². The van der Waals surface area contributed by atoms with Crippen molar-refractivity contribution < 1.29 is 19.1 Å². The first-order chi connectivity index (χ1) is 13.3. The van der Waals surface area contributed by atoms with Gasteiger partial charge in [-0.3, -0.25) is 14.9 Å². The van der Waals surface area contributed by atoms with E-state index >= 15 is 0 Å². The van der Waals surface area contributed by atoms with Crippen LogP contribution in [0.5, 0.6) is 5.75 Å². The summed E-state index contributed by atoms with van der Waals surface area (Å²) >= 11 is 12.8. The molecule has 0 saturated carbocycles. The molecule has 0 unspecified atom stereocenters. The van der Waals surface area contributed by atoms with Gasteiger partial charge in [-0.05, 0) is 80.8 Å². The number of hydrogen-bond acceptors (Lipinski definition) is 4. The highest BCUT2D eigenvalue weighted by Gasteiger charge is 2.36. The Bertz CT molecular complexity index is 1000. The molecule has 0 aromatic heterocycles. The molecule has 1 saturated heterocycles. The molecule has 3 rings (SSSR count). The predicted molar refractivity (Wildman–Crippen MR) is 113 cm³/mol. The van der Waals surface area contributed by atoms with Crippen molar-refractivity contribution in [3.8, 4) is 5.75 Å². The zero-order chi connectivity index (χ0) is 20.4. The summed E-state index contributed by atoms with van der Waals surface area (Å²) in [6.45, 7) is 2.34. The van der Waals surface area contributed by atoms with Gasteiger partial charge >= 0.3 is 6.03 Å². The molecule has 1 N–H and O–H groups in total. The molecule has 9 heteroatoms. The summed E-state index contributed by atoms with van der Waals surface area (Å²) < 4.78 is 6.84. The van der Waals surface area contributed by atoms with Crippen LogP contribution in [-0.2, 0) is 9.59 Å². The van der Waals surface area contributed by atoms with Crippen molar-refractivity contribution in [3.63, 3.8) is 0 Å². The number of benzene rings is 2. The van der Waals surface area contributed by atoms with Crippen LogP contribution < -0.4 is 15.0 Å². The lowest BCUT2D eigenvalue weighted by molar-refractivity contribution is -0.122. The van der Waals surface area contributed by atoms with Gasteiger partial charge in [0.25, 0.3) is 11.8 Å². The Hall–Kier alpha value is -2.16. The minimum atomic E-state index is -0.830. The summed E-state index contributed by atoms with van der Waals surface area (Å²) in [5.41, 5.74) is 0.658. The Balaban J connectivity index is 2.02. The van der Waals surface area contributed by atoms with Gasteiger partial charge in [-0.1, -0.05) is 17.7 Å². The van der Waals surface area contributed by atoms with E-state index in [1.165, 1.54) is 12.1 Å². The molecule has 4 amide bonds. The van der Waals surface area contributed by atoms with Crippen LogP contribution >= 0.6 is 43.5 Å². The molecule has 0 bridgehead atoms. The first-order valence-electron chi connectivity index (χ1n) is 8.10. The van der Waals surface area contributed by atoms with E-state index in [9.17, 15) is 14.4 Å². The second kappa shape index (κ2) is 8.46. The normalized spacial score (nSPS) is 15.8. The molecule has 144 valence electrons. The van der Waals surface area contributed by atoms with Crippen LogP contribution in [0.3, 0.4) is 0 Å². The van der Waals surface area contributed by atoms with Crippen molar-refractivity contribution in [1.29, 1.82) is 0 Å². The largest absolute Gasteiger partial charge is 0.492 e. The van der Waals surface area contributed by atoms with Crippen molar-refractivity contribution in [3.05, 3.63) is 61.5 Å². The van der Waals surface area contributed by atoms with E-state index in [1.54, 1.807) is 30.3 Å². The highest BCUT2D eigenvalue weighted by Crippen LogP contribution is 2.35. The fraction of sp³-hybridized carbons (Fsp3) is 0.105. The molecule has 0 aliphatic carbocycles. The van der Waals surface area contributed by atoms with E-state index in [1.807, 2.05) is 6.92 Å². The quantitative estimate of drug-likeness (QED) is 0.451. The summed E-state index contributed by atoms with van der Waals surface area (Å²) in [6.07, 6.45) is 1.41. The molecule has 2 aromatic rings. The lowest BCUT2D eigenvalue weighted by atomic mass is 10.1. The van der Waals surface area contributed by atoms with Crippen LogP contribution in [0.25, 0.3) is 6.08 Å². The van der Waals surface area contributed by atoms with E-state index in [0.717, 1.165) is 4.90 Å². The zero-order valence-electron chi connectivity index (χ0n) is 14.5. The third kappa shape index (κ3) is 4.14. The molecular weight excluding hydrogens is 515 g/mol. The summed E-state index contributed by atoms with van der Waals surface area (Å²) in [7, 11) is 0. The number of amides is 4. The Labute approximate surface area is 182 Å². The average molecular weight is 529 g/mol. The van der Waals surface area contributed by atoms with E-state index in [2.05, 4.69) is 37.2 Å². The number of anilines is 1. The number of urea groups is 1. The summed E-state index contributed by atoms with van der Waals surface area (Å²) in [6, 6.07) is 8.85. The molecule has 6 nitrogen and oxygen atoms in total. The van der Waals surface area contributed by atoms with Crippen LogP contribution in [0.2, 0.25) is 5.02 Å². The van der Waals surface area contributed by atoms with Gasteiger partial charge in [0.2, 0.25) is 0 Å². The molecule has 28 heavy (non-hydrogen) atoms. The number of nitrogens with one attached hydrogen (secondary N) is 1. The molecule has 0 radical (unpaired) electrons. The van der Waals surface area contributed by atoms with Crippen LogP contribution in [-0.4, -0.2) is 24.5 Å². The number of ether oxygens (including phenoxy) is 1. The summed E-state index contributed by atoms with van der Waals surface area (Å²) in [5.74, 6) is -0.897. The SMILES string of the molecule is CCOc1c(Br)cc(/C=C2\C(=O)NC(=O)N(c3cccc(Cl)c3)C2=O)cc1Br. The third-order valence-corrected chi connectivity index (χ3v) is 5.20. The minimum Gasteiger partial charge on any atom is -0.492 e. The molecule has 1 aliphatic heterocycles. The van der Waals surface area contributed by atoms with E-state index in [0.29, 0.717) is 31.9 Å². The number of imide groups is 2. The Morgan fingerprint density at radius 2 is 1.82 bits per heavy atom. The molecule has 2 aromatic carbocycles. The van der Waals surface area contributed by atoms with Crippen LogP contribution in [0.4, 0.5) is 10.5 Å². The van der Waals surface area contributed by atoms with Crippen molar-refractivity contribution in [2.45, 2.75) is 6.92 Å². The van der Waals surface area contributed by atoms with Gasteiger partial charge in [0.05, 0.1) is 21.2 Å². The molecule has 0 atom stereocenters. The van der Waals surface area contributed by atoms with Crippen LogP contribution in [0.1, 0.15) is 12.5 Å². The Morgan fingerprint density at radius 1 is 1.14 bits per heavy atom. The van der Waals surface area contributed by atoms with Gasteiger partial charge in [0.15, 0.2) is 0 Å². The first kappa shape index (κ1) is 20.6. The predicted octanol–water partition coefficient (Wildman–Crippen LogP) is 4.93. The minimum absolute atomic E-state index is 0.178. The number of carbonyl (C=O) groups is 3. The van der Waals surface area contributed by atoms with E-state index in [4.69, 9.17) is 16.3 Å². The fourth-order valence-corrected chi connectivity index (χ4v) is 4.25. The Kier molecular flexibility index (Phi) is 6.22. The average Bonchev–Trinajstić information content (AvgIpc) is 2.61. The Morgan fingerprint density at radius 3 is 2.43 bits per heavy atom. The zero-order valence-corrected chi connectivity index (χ0v) is 18.4.